The van der Waals surface area contributed by atoms with Gasteiger partial charge in [0.2, 0.25) is 0 Å². The minimum atomic E-state index is -0.432. The van der Waals surface area contributed by atoms with Crippen LogP contribution in [-0.4, -0.2) is 24.8 Å². The minimum Gasteiger partial charge on any atom is -0.348 e. The van der Waals surface area contributed by atoms with Crippen molar-refractivity contribution in [2.45, 2.75) is 38.6 Å². The van der Waals surface area contributed by atoms with E-state index in [-0.39, 0.29) is 6.10 Å². The van der Waals surface area contributed by atoms with Crippen LogP contribution in [0.25, 0.3) is 0 Å². The third-order valence-corrected chi connectivity index (χ3v) is 1.94. The summed E-state index contributed by atoms with van der Waals surface area (Å²) in [7, 11) is 0. The Hall–Kier alpha value is -0.670. The molecule has 0 aromatic heterocycles. The Balaban J connectivity index is 2.17. The van der Waals surface area contributed by atoms with Crippen molar-refractivity contribution in [3.05, 3.63) is 12.2 Å². The predicted molar refractivity (Wildman–Crippen MR) is 49.3 cm³/mol. The average Bonchev–Trinajstić information content (AvgIpc) is 2.40. The minimum absolute atomic E-state index is 0.173. The summed E-state index contributed by atoms with van der Waals surface area (Å²) in [5.74, 6) is -0.432. The van der Waals surface area contributed by atoms with E-state index in [1.165, 1.54) is 6.08 Å². The summed E-state index contributed by atoms with van der Waals surface area (Å²) in [4.78, 5) is 9.96. The number of ether oxygens (including phenoxy) is 2. The van der Waals surface area contributed by atoms with Crippen molar-refractivity contribution in [3.8, 4) is 0 Å². The van der Waals surface area contributed by atoms with Gasteiger partial charge in [-0.15, -0.1) is 0 Å². The van der Waals surface area contributed by atoms with Crippen LogP contribution in [0.5, 0.6) is 0 Å². The highest BCUT2D eigenvalue weighted by Crippen LogP contribution is 2.24. The van der Waals surface area contributed by atoms with Gasteiger partial charge in [-0.05, 0) is 32.8 Å². The predicted octanol–water partition coefficient (Wildman–Crippen LogP) is 1.67. The van der Waals surface area contributed by atoms with Crippen LogP contribution in [-0.2, 0) is 14.3 Å². The lowest BCUT2D eigenvalue weighted by Crippen LogP contribution is -2.21. The maximum atomic E-state index is 9.96. The number of hydrogen-bond donors (Lipinski definition) is 0. The normalized spacial score (nSPS) is 26.8. The summed E-state index contributed by atoms with van der Waals surface area (Å²) < 4.78 is 11.0. The molecular weight excluding hydrogens is 168 g/mol. The van der Waals surface area contributed by atoms with Crippen molar-refractivity contribution >= 4 is 6.29 Å². The van der Waals surface area contributed by atoms with Gasteiger partial charge < -0.3 is 9.47 Å². The van der Waals surface area contributed by atoms with Crippen LogP contribution in [0, 0.1) is 0 Å². The molecule has 74 valence electrons. The van der Waals surface area contributed by atoms with Crippen LogP contribution in [0.15, 0.2) is 12.2 Å². The molecule has 1 aliphatic rings. The van der Waals surface area contributed by atoms with Crippen LogP contribution in [0.3, 0.4) is 0 Å². The first-order valence-electron chi connectivity index (χ1n) is 4.56. The van der Waals surface area contributed by atoms with Gasteiger partial charge in [0.25, 0.3) is 0 Å². The molecule has 3 nitrogen and oxygen atoms in total. The highest BCUT2D eigenvalue weighted by molar-refractivity contribution is 5.64. The lowest BCUT2D eigenvalue weighted by Gasteiger charge is -2.16. The van der Waals surface area contributed by atoms with Gasteiger partial charge in [-0.2, -0.15) is 0 Å². The van der Waals surface area contributed by atoms with Gasteiger partial charge in [0.1, 0.15) is 6.29 Å². The number of rotatable bonds is 4. The Kier molecular flexibility index (Phi) is 3.63. The molecular formula is C10H16O3. The molecule has 0 bridgehead atoms. The quantitative estimate of drug-likeness (QED) is 0.492. The molecule has 1 aliphatic heterocycles. The number of carbonyl (C=O) groups is 1. The Morgan fingerprint density at radius 1 is 1.54 bits per heavy atom. The smallest absolute Gasteiger partial charge is 0.163 e. The van der Waals surface area contributed by atoms with Gasteiger partial charge in [-0.1, -0.05) is 6.08 Å². The van der Waals surface area contributed by atoms with E-state index in [1.807, 2.05) is 19.9 Å². The van der Waals surface area contributed by atoms with E-state index in [0.717, 1.165) is 19.1 Å². The molecule has 0 N–H and O–H groups in total. The van der Waals surface area contributed by atoms with E-state index < -0.39 is 5.79 Å². The SMILES string of the molecule is CC1(C)OCC(CC/C=C/C=O)O1. The number of hydrogen-bond acceptors (Lipinski definition) is 3. The van der Waals surface area contributed by atoms with Crippen molar-refractivity contribution in [2.75, 3.05) is 6.61 Å². The lowest BCUT2D eigenvalue weighted by molar-refractivity contribution is -0.138. The Labute approximate surface area is 78.7 Å². The highest BCUT2D eigenvalue weighted by atomic mass is 16.7. The second-order valence-electron chi connectivity index (χ2n) is 3.59. The van der Waals surface area contributed by atoms with E-state index >= 15 is 0 Å². The first kappa shape index (κ1) is 10.4. The van der Waals surface area contributed by atoms with E-state index in [4.69, 9.17) is 9.47 Å². The Morgan fingerprint density at radius 2 is 2.31 bits per heavy atom. The van der Waals surface area contributed by atoms with Gasteiger partial charge >= 0.3 is 0 Å². The fraction of sp³-hybridized carbons (Fsp3) is 0.700. The molecule has 1 fully saturated rings. The number of allylic oxidation sites excluding steroid dienone is 2. The second-order valence-corrected chi connectivity index (χ2v) is 3.59. The molecule has 1 saturated heterocycles. The third kappa shape index (κ3) is 3.70. The largest absolute Gasteiger partial charge is 0.348 e. The fourth-order valence-corrected chi connectivity index (χ4v) is 1.34. The van der Waals surface area contributed by atoms with Gasteiger partial charge in [0.05, 0.1) is 12.7 Å². The Morgan fingerprint density at radius 3 is 2.85 bits per heavy atom. The Bertz CT molecular complexity index is 196. The molecule has 0 radical (unpaired) electrons. The van der Waals surface area contributed by atoms with Gasteiger partial charge in [0, 0.05) is 0 Å². The summed E-state index contributed by atoms with van der Waals surface area (Å²) in [6, 6.07) is 0. The summed E-state index contributed by atoms with van der Waals surface area (Å²) in [5, 5.41) is 0. The molecule has 1 atom stereocenters. The molecule has 1 heterocycles. The van der Waals surface area contributed by atoms with Crippen molar-refractivity contribution in [1.29, 1.82) is 0 Å². The zero-order valence-corrected chi connectivity index (χ0v) is 8.16. The first-order valence-corrected chi connectivity index (χ1v) is 4.56. The van der Waals surface area contributed by atoms with Crippen LogP contribution in [0.4, 0.5) is 0 Å². The van der Waals surface area contributed by atoms with Gasteiger partial charge in [-0.25, -0.2) is 0 Å². The van der Waals surface area contributed by atoms with Crippen LogP contribution >= 0.6 is 0 Å². The second kappa shape index (κ2) is 4.53. The van der Waals surface area contributed by atoms with E-state index in [0.29, 0.717) is 6.61 Å². The van der Waals surface area contributed by atoms with Crippen molar-refractivity contribution in [1.82, 2.24) is 0 Å². The number of aldehydes is 1. The summed E-state index contributed by atoms with van der Waals surface area (Å²) >= 11 is 0. The van der Waals surface area contributed by atoms with E-state index in [1.54, 1.807) is 0 Å². The third-order valence-electron chi connectivity index (χ3n) is 1.94. The van der Waals surface area contributed by atoms with Crippen molar-refractivity contribution < 1.29 is 14.3 Å². The van der Waals surface area contributed by atoms with Crippen molar-refractivity contribution in [3.63, 3.8) is 0 Å². The zero-order valence-electron chi connectivity index (χ0n) is 8.16. The maximum absolute atomic E-state index is 9.96. The van der Waals surface area contributed by atoms with Crippen molar-refractivity contribution in [2.24, 2.45) is 0 Å². The molecule has 1 unspecified atom stereocenters. The molecule has 0 aromatic carbocycles. The molecule has 0 spiro atoms. The molecule has 13 heavy (non-hydrogen) atoms. The molecule has 0 aromatic rings. The summed E-state index contributed by atoms with van der Waals surface area (Å²) in [6.07, 6.45) is 6.10. The monoisotopic (exact) mass is 184 g/mol. The highest BCUT2D eigenvalue weighted by Gasteiger charge is 2.31. The standard InChI is InChI=1S/C10H16O3/c1-10(2)12-8-9(13-10)6-4-3-5-7-11/h3,5,7,9H,4,6,8H2,1-2H3/b5-3+. The zero-order chi connectivity index (χ0) is 9.73. The summed E-state index contributed by atoms with van der Waals surface area (Å²) in [6.45, 7) is 4.48. The van der Waals surface area contributed by atoms with E-state index in [2.05, 4.69) is 0 Å². The van der Waals surface area contributed by atoms with Crippen LogP contribution in [0.1, 0.15) is 26.7 Å². The summed E-state index contributed by atoms with van der Waals surface area (Å²) in [5.41, 5.74) is 0. The van der Waals surface area contributed by atoms with Gasteiger partial charge in [0.15, 0.2) is 5.79 Å². The topological polar surface area (TPSA) is 35.5 Å². The molecule has 0 amide bonds. The lowest BCUT2D eigenvalue weighted by atomic mass is 10.2. The first-order chi connectivity index (χ1) is 6.14. The molecule has 3 heteroatoms. The molecule has 0 aliphatic carbocycles. The molecule has 0 saturated carbocycles. The van der Waals surface area contributed by atoms with Crippen LogP contribution in [0.2, 0.25) is 0 Å². The van der Waals surface area contributed by atoms with Gasteiger partial charge in [-0.3, -0.25) is 4.79 Å². The van der Waals surface area contributed by atoms with Crippen LogP contribution < -0.4 is 0 Å². The fourth-order valence-electron chi connectivity index (χ4n) is 1.34. The molecule has 1 rings (SSSR count). The van der Waals surface area contributed by atoms with E-state index in [9.17, 15) is 4.79 Å². The number of carbonyl (C=O) groups excluding carboxylic acids is 1. The maximum Gasteiger partial charge on any atom is 0.163 e. The average molecular weight is 184 g/mol.